The third-order valence-corrected chi connectivity index (χ3v) is 2.39. The Morgan fingerprint density at radius 2 is 2.50 bits per heavy atom. The van der Waals surface area contributed by atoms with Gasteiger partial charge in [-0.2, -0.15) is 0 Å². The van der Waals surface area contributed by atoms with Crippen LogP contribution in [0.4, 0.5) is 0 Å². The van der Waals surface area contributed by atoms with Gasteiger partial charge in [-0.15, -0.1) is 0 Å². The second kappa shape index (κ2) is 4.07. The van der Waals surface area contributed by atoms with Crippen LogP contribution in [0.25, 0.3) is 0 Å². The van der Waals surface area contributed by atoms with Gasteiger partial charge in [-0.3, -0.25) is 0 Å². The molecule has 0 aliphatic heterocycles. The summed E-state index contributed by atoms with van der Waals surface area (Å²) in [6.07, 6.45) is 6.05. The number of imidazole rings is 1. The molecule has 1 aromatic heterocycles. The van der Waals surface area contributed by atoms with Crippen LogP contribution in [0.15, 0.2) is 12.5 Å². The molecule has 0 radical (unpaired) electrons. The molecule has 3 nitrogen and oxygen atoms in total. The van der Waals surface area contributed by atoms with Crippen LogP contribution < -0.4 is 5.73 Å². The molecule has 0 fully saturated rings. The summed E-state index contributed by atoms with van der Waals surface area (Å²) in [5.74, 6) is 0. The van der Waals surface area contributed by atoms with Crippen LogP contribution in [0.3, 0.4) is 0 Å². The first-order valence-corrected chi connectivity index (χ1v) is 5.31. The first kappa shape index (κ1) is 8.19. The third kappa shape index (κ3) is 2.37. The van der Waals surface area contributed by atoms with Crippen LogP contribution in [0.2, 0.25) is 0 Å². The summed E-state index contributed by atoms with van der Waals surface area (Å²) in [5.41, 5.74) is 6.53. The average molecular weight is 329 g/mol. The molecule has 0 spiro atoms. The Hall–Kier alpha value is 0.0921. The van der Waals surface area contributed by atoms with Gasteiger partial charge in [0.2, 0.25) is 0 Å². The molecule has 0 amide bonds. The Bertz CT molecular complexity index is 197. The molecule has 0 aliphatic rings. The van der Waals surface area contributed by atoms with Crippen LogP contribution in [0.5, 0.6) is 0 Å². The molecule has 52 valence electrons. The van der Waals surface area contributed by atoms with E-state index in [1.54, 1.807) is 0 Å². The number of hydrogen-bond donors (Lipinski definition) is 1. The van der Waals surface area contributed by atoms with E-state index < -0.39 is 0 Å². The number of aromatic nitrogens is 2. The number of aryl methyl sites for hydroxylation is 1. The van der Waals surface area contributed by atoms with Crippen molar-refractivity contribution in [3.8, 4) is 0 Å². The van der Waals surface area contributed by atoms with E-state index in [2.05, 4.69) is 13.6 Å². The summed E-state index contributed by atoms with van der Waals surface area (Å²) >= 11 is 0.837. The fourth-order valence-corrected chi connectivity index (χ4v) is 1.72. The van der Waals surface area contributed by atoms with Crippen molar-refractivity contribution in [1.82, 2.24) is 7.36 Å². The van der Waals surface area contributed by atoms with Crippen LogP contribution in [0, 0.1) is 0 Å². The topological polar surface area (TPSA) is 43.8 Å². The van der Waals surface area contributed by atoms with Gasteiger partial charge in [0.15, 0.2) is 0 Å². The fourth-order valence-electron chi connectivity index (χ4n) is 0.792. The number of nitrogens with two attached hydrogens (primary N) is 1. The molecular formula is C6H10N3Tl. The van der Waals surface area contributed by atoms with Crippen LogP contribution in [-0.4, -0.2) is 40.0 Å². The van der Waals surface area contributed by atoms with Gasteiger partial charge in [-0.25, -0.2) is 0 Å². The van der Waals surface area contributed by atoms with Gasteiger partial charge < -0.3 is 0 Å². The Kier molecular flexibility index (Phi) is 3.34. The molecule has 1 aromatic rings. The normalized spacial score (nSPS) is 10.0. The summed E-state index contributed by atoms with van der Waals surface area (Å²) in [6, 6.07) is 0. The minimum atomic E-state index is 0.760. The Balaban J connectivity index is 2.42. The molecule has 0 bridgehead atoms. The van der Waals surface area contributed by atoms with E-state index in [0.29, 0.717) is 0 Å². The summed E-state index contributed by atoms with van der Waals surface area (Å²) in [6.45, 7) is 0.760. The molecule has 0 saturated carbocycles. The Morgan fingerprint density at radius 1 is 1.70 bits per heavy atom. The van der Waals surface area contributed by atoms with E-state index >= 15 is 0 Å². The SMILES string of the molecule is NCCCc1c[n]([Tl])cn1. The molecule has 10 heavy (non-hydrogen) atoms. The quantitative estimate of drug-likeness (QED) is 0.775. The van der Waals surface area contributed by atoms with Crippen LogP contribution in [0.1, 0.15) is 12.1 Å². The minimum absolute atomic E-state index is 0.760. The second-order valence-corrected chi connectivity index (χ2v) is 4.52. The van der Waals surface area contributed by atoms with Gasteiger partial charge in [-0.1, -0.05) is 0 Å². The summed E-state index contributed by atoms with van der Waals surface area (Å²) < 4.78 is 2.12. The zero-order valence-electron chi connectivity index (χ0n) is 5.83. The van der Waals surface area contributed by atoms with Gasteiger partial charge in [-0.05, 0) is 0 Å². The third-order valence-electron chi connectivity index (χ3n) is 1.29. The van der Waals surface area contributed by atoms with Crippen LogP contribution in [-0.2, 0) is 6.42 Å². The van der Waals surface area contributed by atoms with E-state index in [0.717, 1.165) is 45.5 Å². The molecular weight excluding hydrogens is 318 g/mol. The van der Waals surface area contributed by atoms with Gasteiger partial charge in [0.05, 0.1) is 0 Å². The standard InChI is InChI=1S/C6H10N3.Tl/c7-3-1-2-6-4-8-5-9-6;/h4-5H,1-3,7H2;/q-1;+1. The second-order valence-electron chi connectivity index (χ2n) is 2.20. The fraction of sp³-hybridized carbons (Fsp3) is 0.500. The molecule has 4 heteroatoms. The molecule has 2 N–H and O–H groups in total. The van der Waals surface area contributed by atoms with E-state index in [9.17, 15) is 0 Å². The molecule has 1 rings (SSSR count). The zero-order chi connectivity index (χ0) is 7.40. The predicted octanol–water partition coefficient (Wildman–Crippen LogP) is -0.294. The number of hydrogen-bond acceptors (Lipinski definition) is 2. The first-order chi connectivity index (χ1) is 4.83. The van der Waals surface area contributed by atoms with E-state index in [1.807, 2.05) is 6.33 Å². The van der Waals surface area contributed by atoms with Crippen molar-refractivity contribution in [2.24, 2.45) is 5.73 Å². The average Bonchev–Trinajstić information content (AvgIpc) is 2.31. The molecule has 0 atom stereocenters. The molecule has 0 aliphatic carbocycles. The number of rotatable bonds is 3. The first-order valence-electron chi connectivity index (χ1n) is 3.31. The van der Waals surface area contributed by atoms with Gasteiger partial charge in [0.25, 0.3) is 0 Å². The Morgan fingerprint density at radius 3 is 3.00 bits per heavy atom. The summed E-state index contributed by atoms with van der Waals surface area (Å²) in [7, 11) is 0. The number of nitrogens with zero attached hydrogens (tertiary/aromatic N) is 2. The van der Waals surface area contributed by atoms with Crippen molar-refractivity contribution in [3.63, 3.8) is 0 Å². The summed E-state index contributed by atoms with van der Waals surface area (Å²) in [4.78, 5) is 4.20. The molecule has 1 heterocycles. The Labute approximate surface area is 76.7 Å². The monoisotopic (exact) mass is 329 g/mol. The van der Waals surface area contributed by atoms with Crippen LogP contribution >= 0.6 is 0 Å². The van der Waals surface area contributed by atoms with Gasteiger partial charge >= 0.3 is 76.8 Å². The van der Waals surface area contributed by atoms with Crippen molar-refractivity contribution < 1.29 is 0 Å². The maximum absolute atomic E-state index is 5.36. The maximum atomic E-state index is 5.36. The molecule has 0 saturated heterocycles. The van der Waals surface area contributed by atoms with Crippen molar-refractivity contribution >= 4 is 26.1 Å². The predicted molar refractivity (Wildman–Crippen MR) is 40.8 cm³/mol. The van der Waals surface area contributed by atoms with E-state index in [-0.39, 0.29) is 0 Å². The molecule has 0 unspecified atom stereocenters. The van der Waals surface area contributed by atoms with Crippen molar-refractivity contribution in [2.45, 2.75) is 12.8 Å². The van der Waals surface area contributed by atoms with Crippen molar-refractivity contribution in [3.05, 3.63) is 18.2 Å². The van der Waals surface area contributed by atoms with E-state index in [1.165, 1.54) is 5.69 Å². The van der Waals surface area contributed by atoms with Crippen molar-refractivity contribution in [1.29, 1.82) is 0 Å². The van der Waals surface area contributed by atoms with Gasteiger partial charge in [0.1, 0.15) is 0 Å². The van der Waals surface area contributed by atoms with Crippen molar-refractivity contribution in [2.75, 3.05) is 6.54 Å². The zero-order valence-corrected chi connectivity index (χ0v) is 10.3. The molecule has 0 aromatic carbocycles. The van der Waals surface area contributed by atoms with E-state index in [4.69, 9.17) is 5.73 Å². The summed E-state index contributed by atoms with van der Waals surface area (Å²) in [5, 5.41) is 0. The van der Waals surface area contributed by atoms with Gasteiger partial charge in [0, 0.05) is 0 Å².